The van der Waals surface area contributed by atoms with E-state index in [0.717, 1.165) is 30.6 Å². The number of carboxylic acids is 1. The molecule has 0 aliphatic carbocycles. The van der Waals surface area contributed by atoms with Crippen LogP contribution in [0.5, 0.6) is 5.88 Å². The quantitative estimate of drug-likeness (QED) is 0.747. The first-order valence-electron chi connectivity index (χ1n) is 8.85. The number of aliphatic carboxylic acids is 1. The highest BCUT2D eigenvalue weighted by molar-refractivity contribution is 5.69. The molecule has 0 spiro atoms. The average Bonchev–Trinajstić information content (AvgIpc) is 2.72. The van der Waals surface area contributed by atoms with E-state index in [1.54, 1.807) is 6.07 Å². The van der Waals surface area contributed by atoms with Gasteiger partial charge in [-0.2, -0.15) is 4.98 Å². The maximum absolute atomic E-state index is 10.9. The van der Waals surface area contributed by atoms with Crippen molar-refractivity contribution in [2.24, 2.45) is 0 Å². The molecule has 27 heavy (non-hydrogen) atoms. The molecule has 1 aliphatic heterocycles. The average molecular weight is 361 g/mol. The van der Waals surface area contributed by atoms with Crippen LogP contribution in [0.3, 0.4) is 0 Å². The molecule has 2 heterocycles. The van der Waals surface area contributed by atoms with Crippen LogP contribution in [0.25, 0.3) is 11.3 Å². The van der Waals surface area contributed by atoms with Gasteiger partial charge in [-0.25, -0.2) is 9.78 Å². The number of rotatable bonds is 5. The van der Waals surface area contributed by atoms with Crippen molar-refractivity contribution < 1.29 is 14.6 Å². The van der Waals surface area contributed by atoms with Crippen molar-refractivity contribution in [1.29, 1.82) is 0 Å². The molecule has 6 nitrogen and oxygen atoms in total. The summed E-state index contributed by atoms with van der Waals surface area (Å²) >= 11 is 0. The zero-order valence-corrected chi connectivity index (χ0v) is 14.7. The summed E-state index contributed by atoms with van der Waals surface area (Å²) in [7, 11) is 0. The number of ether oxygens (including phenoxy) is 1. The topological polar surface area (TPSA) is 75.6 Å². The highest BCUT2D eigenvalue weighted by Gasteiger charge is 2.21. The number of nitrogens with zero attached hydrogens (tertiary/aromatic N) is 3. The number of aromatic nitrogens is 2. The van der Waals surface area contributed by atoms with Gasteiger partial charge in [0.15, 0.2) is 6.61 Å². The van der Waals surface area contributed by atoms with Crippen molar-refractivity contribution in [2.45, 2.75) is 12.8 Å². The second-order valence-corrected chi connectivity index (χ2v) is 6.32. The Bertz CT molecular complexity index is 960. The molecule has 1 aromatic heterocycles. The van der Waals surface area contributed by atoms with E-state index in [9.17, 15) is 4.79 Å². The Morgan fingerprint density at radius 1 is 1.07 bits per heavy atom. The fourth-order valence-corrected chi connectivity index (χ4v) is 3.24. The van der Waals surface area contributed by atoms with Gasteiger partial charge in [-0.1, -0.05) is 48.5 Å². The van der Waals surface area contributed by atoms with Crippen LogP contribution in [0.4, 0.5) is 11.6 Å². The molecular formula is C21H19N3O3. The van der Waals surface area contributed by atoms with Gasteiger partial charge in [0, 0.05) is 23.9 Å². The number of anilines is 2. The molecule has 6 heteroatoms. The molecule has 0 unspecified atom stereocenters. The Kier molecular flexibility index (Phi) is 4.70. The first-order chi connectivity index (χ1) is 13.2. The van der Waals surface area contributed by atoms with Crippen molar-refractivity contribution in [3.8, 4) is 17.1 Å². The van der Waals surface area contributed by atoms with Gasteiger partial charge in [0.1, 0.15) is 0 Å². The van der Waals surface area contributed by atoms with E-state index in [0.29, 0.717) is 11.6 Å². The molecule has 3 aromatic rings. The number of carbonyl (C=O) groups is 1. The minimum Gasteiger partial charge on any atom is -0.479 e. The van der Waals surface area contributed by atoms with E-state index in [1.165, 1.54) is 5.56 Å². The van der Waals surface area contributed by atoms with E-state index in [1.807, 2.05) is 42.5 Å². The molecule has 4 rings (SSSR count). The molecule has 0 bridgehead atoms. The van der Waals surface area contributed by atoms with Crippen molar-refractivity contribution in [2.75, 3.05) is 18.1 Å². The molecule has 0 saturated heterocycles. The summed E-state index contributed by atoms with van der Waals surface area (Å²) in [5.41, 5.74) is 3.96. The molecule has 136 valence electrons. The second kappa shape index (κ2) is 7.45. The Morgan fingerprint density at radius 3 is 2.67 bits per heavy atom. The number of hydrogen-bond acceptors (Lipinski definition) is 5. The zero-order valence-electron chi connectivity index (χ0n) is 14.7. The van der Waals surface area contributed by atoms with Gasteiger partial charge < -0.3 is 14.7 Å². The second-order valence-electron chi connectivity index (χ2n) is 6.32. The summed E-state index contributed by atoms with van der Waals surface area (Å²) in [6.45, 7) is 0.356. The Labute approximate surface area is 157 Å². The lowest BCUT2D eigenvalue weighted by Gasteiger charge is -2.29. The molecule has 0 saturated carbocycles. The van der Waals surface area contributed by atoms with Crippen molar-refractivity contribution in [3.63, 3.8) is 0 Å². The highest BCUT2D eigenvalue weighted by Crippen LogP contribution is 2.33. The Hall–Kier alpha value is -3.41. The predicted octanol–water partition coefficient (Wildman–Crippen LogP) is 3.69. The van der Waals surface area contributed by atoms with Gasteiger partial charge in [0.2, 0.25) is 11.8 Å². The van der Waals surface area contributed by atoms with Gasteiger partial charge in [-0.15, -0.1) is 0 Å². The SMILES string of the molecule is O=C(O)COc1cc(-c2ccccc2)nc(N2CCCc3ccccc32)n1. The van der Waals surface area contributed by atoms with Gasteiger partial charge in [0.25, 0.3) is 0 Å². The number of carboxylic acid groups (broad SMARTS) is 1. The number of benzene rings is 2. The third-order valence-corrected chi connectivity index (χ3v) is 4.46. The molecule has 0 atom stereocenters. The number of aryl methyl sites for hydroxylation is 1. The lowest BCUT2D eigenvalue weighted by atomic mass is 10.0. The van der Waals surface area contributed by atoms with E-state index in [2.05, 4.69) is 22.0 Å². The molecule has 0 amide bonds. The summed E-state index contributed by atoms with van der Waals surface area (Å²) in [5, 5.41) is 8.93. The highest BCUT2D eigenvalue weighted by atomic mass is 16.5. The normalized spacial score (nSPS) is 13.1. The summed E-state index contributed by atoms with van der Waals surface area (Å²) in [6.07, 6.45) is 2.02. The monoisotopic (exact) mass is 361 g/mol. The Morgan fingerprint density at radius 2 is 1.85 bits per heavy atom. The summed E-state index contributed by atoms with van der Waals surface area (Å²) in [4.78, 5) is 22.2. The maximum atomic E-state index is 10.9. The first-order valence-corrected chi connectivity index (χ1v) is 8.85. The largest absolute Gasteiger partial charge is 0.479 e. The maximum Gasteiger partial charge on any atom is 0.341 e. The van der Waals surface area contributed by atoms with E-state index >= 15 is 0 Å². The van der Waals surface area contributed by atoms with Gasteiger partial charge in [-0.3, -0.25) is 0 Å². The molecule has 0 radical (unpaired) electrons. The van der Waals surface area contributed by atoms with Crippen molar-refractivity contribution >= 4 is 17.6 Å². The molecule has 2 aromatic carbocycles. The summed E-state index contributed by atoms with van der Waals surface area (Å²) in [5.74, 6) is -0.270. The summed E-state index contributed by atoms with van der Waals surface area (Å²) < 4.78 is 5.37. The lowest BCUT2D eigenvalue weighted by Crippen LogP contribution is -2.26. The standard InChI is InChI=1S/C21H19N3O3/c25-20(26)14-27-19-13-17(15-7-2-1-3-8-15)22-21(23-19)24-12-6-10-16-9-4-5-11-18(16)24/h1-5,7-9,11,13H,6,10,12,14H2,(H,25,26). The van der Waals surface area contributed by atoms with E-state index in [-0.39, 0.29) is 5.88 Å². The third kappa shape index (κ3) is 3.74. The Balaban J connectivity index is 1.78. The number of hydrogen-bond donors (Lipinski definition) is 1. The van der Waals surface area contributed by atoms with Crippen molar-refractivity contribution in [1.82, 2.24) is 9.97 Å². The third-order valence-electron chi connectivity index (χ3n) is 4.46. The fourth-order valence-electron chi connectivity index (χ4n) is 3.24. The molecule has 1 N–H and O–H groups in total. The molecule has 0 fully saturated rings. The number of fused-ring (bicyclic) bond motifs is 1. The van der Waals surface area contributed by atoms with Crippen LogP contribution in [0.2, 0.25) is 0 Å². The molecule has 1 aliphatic rings. The zero-order chi connectivity index (χ0) is 18.6. The van der Waals surface area contributed by atoms with Crippen LogP contribution in [0.15, 0.2) is 60.7 Å². The van der Waals surface area contributed by atoms with Crippen LogP contribution in [0, 0.1) is 0 Å². The lowest BCUT2D eigenvalue weighted by molar-refractivity contribution is -0.139. The first kappa shape index (κ1) is 17.0. The minimum absolute atomic E-state index is 0.254. The van der Waals surface area contributed by atoms with E-state index < -0.39 is 12.6 Å². The van der Waals surface area contributed by atoms with Crippen LogP contribution >= 0.6 is 0 Å². The number of para-hydroxylation sites is 1. The summed E-state index contributed by atoms with van der Waals surface area (Å²) in [6, 6.07) is 19.6. The van der Waals surface area contributed by atoms with Gasteiger partial charge in [0.05, 0.1) is 5.69 Å². The van der Waals surface area contributed by atoms with Crippen LogP contribution in [0.1, 0.15) is 12.0 Å². The van der Waals surface area contributed by atoms with Gasteiger partial charge in [-0.05, 0) is 24.5 Å². The van der Waals surface area contributed by atoms with E-state index in [4.69, 9.17) is 14.8 Å². The van der Waals surface area contributed by atoms with Crippen LogP contribution in [-0.4, -0.2) is 34.2 Å². The van der Waals surface area contributed by atoms with Crippen LogP contribution < -0.4 is 9.64 Å². The van der Waals surface area contributed by atoms with Crippen LogP contribution in [-0.2, 0) is 11.2 Å². The fraction of sp³-hybridized carbons (Fsp3) is 0.190. The smallest absolute Gasteiger partial charge is 0.341 e. The molecular weight excluding hydrogens is 342 g/mol. The van der Waals surface area contributed by atoms with Gasteiger partial charge >= 0.3 is 5.97 Å². The van der Waals surface area contributed by atoms with Crippen molar-refractivity contribution in [3.05, 3.63) is 66.2 Å². The minimum atomic E-state index is -1.04. The predicted molar refractivity (Wildman–Crippen MR) is 102 cm³/mol.